The van der Waals surface area contributed by atoms with Gasteiger partial charge in [0.25, 0.3) is 5.91 Å². The Hall–Kier alpha value is -5.17. The molecule has 206 valence electrons. The highest BCUT2D eigenvalue weighted by Gasteiger charge is 2.35. The summed E-state index contributed by atoms with van der Waals surface area (Å²) in [6, 6.07) is 32.1. The number of aliphatic carboxylic acids is 1. The van der Waals surface area contributed by atoms with E-state index in [9.17, 15) is 14.7 Å². The van der Waals surface area contributed by atoms with Crippen molar-refractivity contribution >= 4 is 46.7 Å². The van der Waals surface area contributed by atoms with Crippen LogP contribution in [0.3, 0.4) is 0 Å². The van der Waals surface area contributed by atoms with Crippen molar-refractivity contribution in [2.75, 3.05) is 11.4 Å². The van der Waals surface area contributed by atoms with Gasteiger partial charge in [-0.05, 0) is 79.9 Å². The second-order valence-electron chi connectivity index (χ2n) is 9.95. The van der Waals surface area contributed by atoms with E-state index in [1.807, 2.05) is 93.6 Å². The Morgan fingerprint density at radius 3 is 1.93 bits per heavy atom. The molecule has 1 aliphatic heterocycles. The Morgan fingerprint density at radius 2 is 1.39 bits per heavy atom. The minimum Gasteiger partial charge on any atom is -0.481 e. The third kappa shape index (κ3) is 6.20. The Morgan fingerprint density at radius 1 is 0.854 bits per heavy atom. The molecular weight excluding hydrogens is 514 g/mol. The number of para-hydroxylation sites is 2. The van der Waals surface area contributed by atoms with E-state index in [0.717, 1.165) is 39.3 Å². The summed E-state index contributed by atoms with van der Waals surface area (Å²) >= 11 is 0. The minimum atomic E-state index is -1.01. The molecule has 7 heteroatoms. The Labute approximate surface area is 239 Å². The molecule has 1 aliphatic rings. The van der Waals surface area contributed by atoms with Crippen molar-refractivity contribution in [3.05, 3.63) is 125 Å². The summed E-state index contributed by atoms with van der Waals surface area (Å²) in [5, 5.41) is 9.25. The van der Waals surface area contributed by atoms with Gasteiger partial charge in [0, 0.05) is 23.6 Å². The largest absolute Gasteiger partial charge is 0.481 e. The molecule has 0 aliphatic carbocycles. The molecular formula is C34H31N3O4. The molecule has 0 aromatic heterocycles. The highest BCUT2D eigenvalue weighted by molar-refractivity contribution is 6.12. The van der Waals surface area contributed by atoms with Crippen LogP contribution in [0, 0.1) is 20.8 Å². The van der Waals surface area contributed by atoms with Crippen LogP contribution in [0.15, 0.2) is 108 Å². The third-order valence-corrected chi connectivity index (χ3v) is 6.76. The number of carbonyl (C=O) groups excluding carboxylic acids is 1. The molecule has 0 saturated carbocycles. The van der Waals surface area contributed by atoms with Gasteiger partial charge < -0.3 is 14.7 Å². The predicted octanol–water partition coefficient (Wildman–Crippen LogP) is 7.44. The molecule has 4 aromatic carbocycles. The van der Waals surface area contributed by atoms with Crippen LogP contribution < -0.4 is 4.90 Å². The summed E-state index contributed by atoms with van der Waals surface area (Å²) < 4.78 is 5.97. The number of aryl methyl sites for hydroxylation is 3. The van der Waals surface area contributed by atoms with Gasteiger partial charge in [0.05, 0.1) is 12.1 Å². The van der Waals surface area contributed by atoms with Gasteiger partial charge in [0.2, 0.25) is 0 Å². The summed E-state index contributed by atoms with van der Waals surface area (Å²) in [4.78, 5) is 32.7. The second-order valence-corrected chi connectivity index (χ2v) is 9.95. The molecule has 7 nitrogen and oxygen atoms in total. The number of carboxylic acids is 1. The van der Waals surface area contributed by atoms with E-state index in [-0.39, 0.29) is 24.7 Å². The number of carboxylic acid groups (broad SMARTS) is 1. The van der Waals surface area contributed by atoms with Gasteiger partial charge in [-0.25, -0.2) is 0 Å². The number of anilines is 3. The summed E-state index contributed by atoms with van der Waals surface area (Å²) in [7, 11) is 0. The maximum absolute atomic E-state index is 13.3. The van der Waals surface area contributed by atoms with Gasteiger partial charge in [-0.1, -0.05) is 66.2 Å². The number of amides is 1. The Balaban J connectivity index is 1.47. The van der Waals surface area contributed by atoms with Gasteiger partial charge >= 0.3 is 12.0 Å². The lowest BCUT2D eigenvalue weighted by molar-refractivity contribution is -0.137. The average molecular weight is 546 g/mol. The molecule has 1 saturated heterocycles. The fourth-order valence-corrected chi connectivity index (χ4v) is 4.91. The highest BCUT2D eigenvalue weighted by Crippen LogP contribution is 2.35. The molecule has 5 rings (SSSR count). The molecule has 0 bridgehead atoms. The number of amidine groups is 1. The van der Waals surface area contributed by atoms with Crippen molar-refractivity contribution in [1.29, 1.82) is 0 Å². The zero-order valence-corrected chi connectivity index (χ0v) is 23.2. The fraction of sp³-hybridized carbons (Fsp3) is 0.147. The first-order valence-electron chi connectivity index (χ1n) is 13.4. The molecule has 0 radical (unpaired) electrons. The first-order valence-corrected chi connectivity index (χ1v) is 13.4. The van der Waals surface area contributed by atoms with Gasteiger partial charge in [-0.15, -0.1) is 0 Å². The van der Waals surface area contributed by atoms with Crippen molar-refractivity contribution < 1.29 is 19.4 Å². The van der Waals surface area contributed by atoms with E-state index in [4.69, 9.17) is 4.74 Å². The standard InChI is InChI=1S/C34H31N3O4/c1-23-20-24(2)32(25(3)21-23)35-34-36(19-18-31(38)39)33(40)30(41-34)22-26-14-16-29(17-15-26)37(27-10-6-4-7-11-27)28-12-8-5-9-13-28/h4-17,20-22H,18-19H2,1-3H3,(H,38,39). The van der Waals surface area contributed by atoms with Crippen LogP contribution in [-0.2, 0) is 14.3 Å². The van der Waals surface area contributed by atoms with Crippen molar-refractivity contribution in [3.8, 4) is 0 Å². The summed E-state index contributed by atoms with van der Waals surface area (Å²) in [6.45, 7) is 5.86. The SMILES string of the molecule is Cc1cc(C)c(N=C2OC(=Cc3ccc(N(c4ccccc4)c4ccccc4)cc3)C(=O)N2CCC(=O)O)c(C)c1. The van der Waals surface area contributed by atoms with Crippen LogP contribution in [0.25, 0.3) is 6.08 Å². The second kappa shape index (κ2) is 11.9. The van der Waals surface area contributed by atoms with E-state index >= 15 is 0 Å². The van der Waals surface area contributed by atoms with Crippen LogP contribution in [0.5, 0.6) is 0 Å². The topological polar surface area (TPSA) is 82.4 Å². The van der Waals surface area contributed by atoms with Gasteiger partial charge in [0.1, 0.15) is 0 Å². The van der Waals surface area contributed by atoms with E-state index < -0.39 is 11.9 Å². The van der Waals surface area contributed by atoms with Crippen molar-refractivity contribution in [1.82, 2.24) is 4.90 Å². The van der Waals surface area contributed by atoms with Crippen molar-refractivity contribution in [3.63, 3.8) is 0 Å². The van der Waals surface area contributed by atoms with Gasteiger partial charge in [-0.2, -0.15) is 4.99 Å². The number of hydrogen-bond donors (Lipinski definition) is 1. The summed E-state index contributed by atoms with van der Waals surface area (Å²) in [5.41, 5.74) is 7.46. The van der Waals surface area contributed by atoms with Crippen LogP contribution in [0.4, 0.5) is 22.7 Å². The molecule has 1 N–H and O–H groups in total. The van der Waals surface area contributed by atoms with Crippen LogP contribution in [0.1, 0.15) is 28.7 Å². The summed E-state index contributed by atoms with van der Waals surface area (Å²) in [5.74, 6) is -1.34. The van der Waals surface area contributed by atoms with E-state index in [1.165, 1.54) is 4.90 Å². The van der Waals surface area contributed by atoms with E-state index in [0.29, 0.717) is 5.69 Å². The molecule has 0 unspecified atom stereocenters. The first kappa shape index (κ1) is 27.4. The maximum Gasteiger partial charge on any atom is 0.305 e. The molecule has 1 fully saturated rings. The Bertz CT molecular complexity index is 1570. The Kier molecular flexibility index (Phi) is 7.97. The minimum absolute atomic E-state index is 0.0453. The predicted molar refractivity (Wildman–Crippen MR) is 162 cm³/mol. The van der Waals surface area contributed by atoms with E-state index in [2.05, 4.69) is 34.2 Å². The number of rotatable bonds is 8. The molecule has 1 heterocycles. The average Bonchev–Trinajstić information content (AvgIpc) is 3.25. The van der Waals surface area contributed by atoms with Crippen molar-refractivity contribution in [2.45, 2.75) is 27.2 Å². The number of benzene rings is 4. The zero-order chi connectivity index (χ0) is 28.9. The fourth-order valence-electron chi connectivity index (χ4n) is 4.91. The quantitative estimate of drug-likeness (QED) is 0.233. The van der Waals surface area contributed by atoms with E-state index in [1.54, 1.807) is 6.08 Å². The number of hydrogen-bond acceptors (Lipinski definition) is 5. The van der Waals surface area contributed by atoms with Gasteiger partial charge in [-0.3, -0.25) is 14.5 Å². The smallest absolute Gasteiger partial charge is 0.305 e. The summed E-state index contributed by atoms with van der Waals surface area (Å²) in [6.07, 6.45) is 1.43. The van der Waals surface area contributed by atoms with Crippen LogP contribution in [0.2, 0.25) is 0 Å². The molecule has 4 aromatic rings. The molecule has 41 heavy (non-hydrogen) atoms. The lowest BCUT2D eigenvalue weighted by atomic mass is 10.1. The van der Waals surface area contributed by atoms with Crippen LogP contribution >= 0.6 is 0 Å². The van der Waals surface area contributed by atoms with Crippen LogP contribution in [-0.4, -0.2) is 34.4 Å². The molecule has 1 amide bonds. The van der Waals surface area contributed by atoms with Gasteiger partial charge in [0.15, 0.2) is 5.76 Å². The molecule has 0 spiro atoms. The lowest BCUT2D eigenvalue weighted by Gasteiger charge is -2.25. The number of carbonyl (C=O) groups is 2. The monoisotopic (exact) mass is 545 g/mol. The first-order chi connectivity index (χ1) is 19.8. The highest BCUT2D eigenvalue weighted by atomic mass is 16.5. The number of ether oxygens (including phenoxy) is 1. The van der Waals surface area contributed by atoms with Crippen molar-refractivity contribution in [2.24, 2.45) is 4.99 Å². The number of aliphatic imine (C=N–C) groups is 1. The normalized spacial score (nSPS) is 14.9. The zero-order valence-electron chi connectivity index (χ0n) is 23.2. The molecule has 0 atom stereocenters. The maximum atomic E-state index is 13.3. The third-order valence-electron chi connectivity index (χ3n) is 6.76. The lowest BCUT2D eigenvalue weighted by Crippen LogP contribution is -2.32. The number of nitrogens with zero attached hydrogens (tertiary/aromatic N) is 3.